The maximum absolute atomic E-state index is 10.8. The van der Waals surface area contributed by atoms with Crippen molar-refractivity contribution in [1.82, 2.24) is 20.9 Å². The average Bonchev–Trinajstić information content (AvgIpc) is 3.03. The standard InChI is InChI=1S/C10H18N2O3.C7H14N2O2.2C7H12N2O.C4H10N2O.H2O/c1-9(8-10(11)15)12(4-2-6-13)5-3-7-14;1-6(5-7(8)11)9-3-2-4-10;1-3-6-8-5(2)4-7(10)9-6;1-3-4-9-6(2)5-7(8)10;1-3(5)2-4(6)7;/h6-7,9H,2-5,8H2,1H3,(H2,11,15);4,6,9H,2-3,5H2,1H3,(H2,8,11);3,5-6,8H,1,4H2,2H3,(H,9,10);3-4,6H,1,5H2,2H3,(H2,8,10);3H,2,5H2,1H3,(H2,6,7);1H2. The van der Waals surface area contributed by atoms with Crippen LogP contribution in [0.1, 0.15) is 86.0 Å². The Morgan fingerprint density at radius 3 is 1.69 bits per heavy atom. The van der Waals surface area contributed by atoms with Gasteiger partial charge in [-0.25, -0.2) is 0 Å². The summed E-state index contributed by atoms with van der Waals surface area (Å²) in [6.45, 7) is 18.0. The Hall–Kier alpha value is -4.69. The molecule has 1 aliphatic rings. The lowest BCUT2D eigenvalue weighted by molar-refractivity contribution is -0.124. The number of aldehydes is 3. The van der Waals surface area contributed by atoms with Gasteiger partial charge in [0.25, 0.3) is 0 Å². The summed E-state index contributed by atoms with van der Waals surface area (Å²) < 4.78 is 0. The van der Waals surface area contributed by atoms with Crippen LogP contribution in [0.3, 0.4) is 0 Å². The van der Waals surface area contributed by atoms with Crippen LogP contribution in [0, 0.1) is 0 Å². The van der Waals surface area contributed by atoms with Gasteiger partial charge in [0.1, 0.15) is 18.9 Å². The Morgan fingerprint density at radius 2 is 1.33 bits per heavy atom. The number of hydrogen-bond acceptors (Lipinski definition) is 13. The molecule has 1 rings (SSSR count). The van der Waals surface area contributed by atoms with Crippen molar-refractivity contribution >= 4 is 54.6 Å². The van der Waals surface area contributed by atoms with Crippen molar-refractivity contribution in [3.63, 3.8) is 0 Å². The molecule has 1 saturated heterocycles. The van der Waals surface area contributed by atoms with E-state index in [1.165, 1.54) is 0 Å². The fourth-order valence-electron chi connectivity index (χ4n) is 4.09. The highest BCUT2D eigenvalue weighted by molar-refractivity contribution is 5.78. The van der Waals surface area contributed by atoms with E-state index in [1.807, 2.05) is 32.6 Å². The second kappa shape index (κ2) is 39.5. The molecule has 0 aromatic rings. The van der Waals surface area contributed by atoms with Crippen molar-refractivity contribution in [1.29, 1.82) is 0 Å². The minimum atomic E-state index is -0.371. The third kappa shape index (κ3) is 47.3. The average molecular weight is 773 g/mol. The highest BCUT2D eigenvalue weighted by Gasteiger charge is 2.19. The number of rotatable bonds is 22. The molecule has 0 aromatic heterocycles. The molecular formula is C35H68N10O9. The summed E-state index contributed by atoms with van der Waals surface area (Å²) in [6, 6.07) is 0.166. The van der Waals surface area contributed by atoms with Crippen LogP contribution < -0.4 is 44.6 Å². The van der Waals surface area contributed by atoms with Gasteiger partial charge in [-0.1, -0.05) is 25.3 Å². The maximum Gasteiger partial charge on any atom is 0.223 e. The number of nitrogens with two attached hydrogens (primary N) is 5. The van der Waals surface area contributed by atoms with Gasteiger partial charge >= 0.3 is 0 Å². The number of nitrogens with zero attached hydrogens (tertiary/aromatic N) is 2. The topological polar surface area (TPSA) is 350 Å². The zero-order valence-corrected chi connectivity index (χ0v) is 32.7. The molecule has 54 heavy (non-hydrogen) atoms. The largest absolute Gasteiger partial charge is 0.412 e. The summed E-state index contributed by atoms with van der Waals surface area (Å²) in [6.07, 6.45) is 10.2. The van der Waals surface area contributed by atoms with Crippen LogP contribution in [0.25, 0.3) is 0 Å². The van der Waals surface area contributed by atoms with Crippen molar-refractivity contribution in [3.8, 4) is 0 Å². The van der Waals surface area contributed by atoms with Gasteiger partial charge in [0.15, 0.2) is 0 Å². The molecule has 19 nitrogen and oxygen atoms in total. The zero-order chi connectivity index (χ0) is 41.8. The third-order valence-corrected chi connectivity index (χ3v) is 6.42. The number of carbonyl (C=O) groups is 8. The molecule has 0 bridgehead atoms. The Bertz CT molecular complexity index is 1110. The van der Waals surface area contributed by atoms with E-state index in [9.17, 15) is 38.4 Å². The van der Waals surface area contributed by atoms with E-state index in [4.69, 9.17) is 28.7 Å². The molecule has 6 atom stereocenters. The fraction of sp³-hybridized carbons (Fsp3) is 0.629. The summed E-state index contributed by atoms with van der Waals surface area (Å²) in [4.78, 5) is 88.4. The van der Waals surface area contributed by atoms with Gasteiger partial charge in [-0.15, -0.1) is 0 Å². The quantitative estimate of drug-likeness (QED) is 0.0258. The fourth-order valence-corrected chi connectivity index (χ4v) is 4.09. The van der Waals surface area contributed by atoms with E-state index >= 15 is 0 Å². The Labute approximate surface area is 320 Å². The molecule has 19 heteroatoms. The Balaban J connectivity index is -0.000000188. The summed E-state index contributed by atoms with van der Waals surface area (Å²) in [5, 5.41) is 8.86. The van der Waals surface area contributed by atoms with Gasteiger partial charge in [-0.3, -0.25) is 39.2 Å². The smallest absolute Gasteiger partial charge is 0.223 e. The molecule has 0 spiro atoms. The normalized spacial score (nSPS) is 16.3. The van der Waals surface area contributed by atoms with Gasteiger partial charge in [-0.2, -0.15) is 0 Å². The van der Waals surface area contributed by atoms with E-state index < -0.39 is 0 Å². The summed E-state index contributed by atoms with van der Waals surface area (Å²) >= 11 is 0. The molecule has 312 valence electrons. The van der Waals surface area contributed by atoms with E-state index in [0.29, 0.717) is 58.2 Å². The highest BCUT2D eigenvalue weighted by Crippen LogP contribution is 2.05. The van der Waals surface area contributed by atoms with Crippen molar-refractivity contribution < 1.29 is 43.8 Å². The minimum Gasteiger partial charge on any atom is -0.412 e. The number of hydrogen-bond donors (Lipinski definition) is 8. The minimum absolute atomic E-state index is 0. The van der Waals surface area contributed by atoms with Crippen LogP contribution >= 0.6 is 0 Å². The van der Waals surface area contributed by atoms with Crippen LogP contribution in [0.5, 0.6) is 0 Å². The predicted octanol–water partition coefficient (Wildman–Crippen LogP) is -1.95. The van der Waals surface area contributed by atoms with Gasteiger partial charge < -0.3 is 59.2 Å². The molecule has 1 aliphatic heterocycles. The van der Waals surface area contributed by atoms with Gasteiger partial charge in [0, 0.05) is 101 Å². The van der Waals surface area contributed by atoms with Gasteiger partial charge in [0.2, 0.25) is 29.5 Å². The van der Waals surface area contributed by atoms with Crippen LogP contribution in [0.15, 0.2) is 30.3 Å². The first-order valence-corrected chi connectivity index (χ1v) is 17.3. The first kappa shape index (κ1) is 58.6. The number of amides is 5. The molecule has 1 heterocycles. The molecule has 0 radical (unpaired) electrons. The lowest BCUT2D eigenvalue weighted by Crippen LogP contribution is -2.54. The first-order valence-electron chi connectivity index (χ1n) is 17.3. The lowest BCUT2D eigenvalue weighted by atomic mass is 10.1. The number of allylic oxidation sites excluding steroid dienone is 1. The second-order valence-electron chi connectivity index (χ2n) is 12.2. The Kier molecular flexibility index (Phi) is 42.9. The molecular weight excluding hydrogens is 704 g/mol. The number of carbonyl (C=O) groups excluding carboxylic acids is 8. The van der Waals surface area contributed by atoms with Crippen molar-refractivity contribution in [3.05, 3.63) is 25.3 Å². The number of nitrogens with one attached hydrogen (secondary N) is 3. The maximum atomic E-state index is 10.8. The molecule has 0 aromatic carbocycles. The summed E-state index contributed by atoms with van der Waals surface area (Å²) in [5.74, 6) is -1.26. The van der Waals surface area contributed by atoms with Crippen LogP contribution in [-0.2, 0) is 38.4 Å². The van der Waals surface area contributed by atoms with E-state index in [1.54, 1.807) is 25.3 Å². The van der Waals surface area contributed by atoms with E-state index in [-0.39, 0.29) is 84.2 Å². The van der Waals surface area contributed by atoms with Crippen LogP contribution in [-0.4, -0.2) is 121 Å². The highest BCUT2D eigenvalue weighted by atomic mass is 16.2. The predicted molar refractivity (Wildman–Crippen MR) is 211 cm³/mol. The molecule has 1 fully saturated rings. The number of primary amides is 4. The summed E-state index contributed by atoms with van der Waals surface area (Å²) in [7, 11) is 0. The van der Waals surface area contributed by atoms with Crippen molar-refractivity contribution in [2.45, 2.75) is 122 Å². The SMILES string of the molecule is C=CC1NC(=O)CC(C)N1.C=CC=NC(C)CC(N)=O.CC(CC(N)=O)N(CCC=O)CCC=O.CC(CC(N)=O)NCCC=O.CC(N)CC(N)=O.O. The van der Waals surface area contributed by atoms with E-state index in [2.05, 4.69) is 34.1 Å². The van der Waals surface area contributed by atoms with Gasteiger partial charge in [0.05, 0.1) is 12.2 Å². The van der Waals surface area contributed by atoms with Crippen LogP contribution in [0.4, 0.5) is 0 Å². The molecule has 0 saturated carbocycles. The molecule has 15 N–H and O–H groups in total. The molecule has 0 aliphatic carbocycles. The van der Waals surface area contributed by atoms with E-state index in [0.717, 1.165) is 18.9 Å². The summed E-state index contributed by atoms with van der Waals surface area (Å²) in [5.41, 5.74) is 24.9. The molecule has 5 amide bonds. The third-order valence-electron chi connectivity index (χ3n) is 6.42. The molecule has 6 unspecified atom stereocenters. The van der Waals surface area contributed by atoms with Crippen molar-refractivity contribution in [2.75, 3.05) is 19.6 Å². The Morgan fingerprint density at radius 1 is 0.852 bits per heavy atom. The zero-order valence-electron chi connectivity index (χ0n) is 32.7. The number of aliphatic imine (C=N–C) groups is 1. The first-order chi connectivity index (χ1) is 24.8. The monoisotopic (exact) mass is 773 g/mol. The lowest BCUT2D eigenvalue weighted by Gasteiger charge is -2.26. The van der Waals surface area contributed by atoms with Gasteiger partial charge in [-0.05, 0) is 34.6 Å². The van der Waals surface area contributed by atoms with Crippen LogP contribution in [0.2, 0.25) is 0 Å². The van der Waals surface area contributed by atoms with Crippen molar-refractivity contribution in [2.24, 2.45) is 33.7 Å². The second-order valence-corrected chi connectivity index (χ2v) is 12.2.